The molecule has 0 aliphatic carbocycles. The minimum absolute atomic E-state index is 0.288. The summed E-state index contributed by atoms with van der Waals surface area (Å²) >= 11 is 6.20. The summed E-state index contributed by atoms with van der Waals surface area (Å²) in [4.78, 5) is 0. The second-order valence-corrected chi connectivity index (χ2v) is 5.32. The van der Waals surface area contributed by atoms with Gasteiger partial charge in [0.25, 0.3) is 0 Å². The molecule has 0 saturated carbocycles. The zero-order chi connectivity index (χ0) is 13.1. The van der Waals surface area contributed by atoms with Crippen LogP contribution in [0, 0.1) is 0 Å². The van der Waals surface area contributed by atoms with Gasteiger partial charge >= 0.3 is 0 Å². The van der Waals surface area contributed by atoms with Crippen LogP contribution in [0.3, 0.4) is 0 Å². The topological polar surface area (TPSA) is 30.5 Å². The van der Waals surface area contributed by atoms with Crippen molar-refractivity contribution in [2.45, 2.75) is 44.9 Å². The smallest absolute Gasteiger partial charge is 0.121 e. The summed E-state index contributed by atoms with van der Waals surface area (Å²) in [5, 5.41) is 4.22. The second kappa shape index (κ2) is 5.81. The first kappa shape index (κ1) is 13.5. The third-order valence-electron chi connectivity index (χ3n) is 3.23. The Bertz CT molecular complexity index is 401. The van der Waals surface area contributed by atoms with E-state index in [1.807, 2.05) is 18.2 Å². The Morgan fingerprint density at radius 3 is 2.56 bits per heavy atom. The molecule has 1 aliphatic heterocycles. The average Bonchev–Trinajstić information content (AvgIpc) is 2.30. The van der Waals surface area contributed by atoms with Gasteiger partial charge in [-0.25, -0.2) is 0 Å². The minimum atomic E-state index is 0.288. The molecule has 3 nitrogen and oxygen atoms in total. The first-order chi connectivity index (χ1) is 8.58. The molecule has 0 aromatic heterocycles. The van der Waals surface area contributed by atoms with Crippen LogP contribution in [0.5, 0.6) is 5.75 Å². The fourth-order valence-electron chi connectivity index (χ4n) is 2.48. The van der Waals surface area contributed by atoms with Gasteiger partial charge in [0.15, 0.2) is 0 Å². The molecule has 4 heteroatoms. The van der Waals surface area contributed by atoms with Gasteiger partial charge in [0.1, 0.15) is 5.75 Å². The number of rotatable bonds is 3. The molecule has 0 radical (unpaired) electrons. The molecule has 1 aliphatic rings. The van der Waals surface area contributed by atoms with Crippen molar-refractivity contribution in [3.05, 3.63) is 23.2 Å². The molecule has 0 bridgehead atoms. The second-order valence-electron chi connectivity index (χ2n) is 4.92. The highest BCUT2D eigenvalue weighted by Crippen LogP contribution is 2.30. The van der Waals surface area contributed by atoms with Crippen molar-refractivity contribution in [3.63, 3.8) is 0 Å². The van der Waals surface area contributed by atoms with E-state index in [0.717, 1.165) is 29.3 Å². The normalized spacial score (nSPS) is 27.9. The monoisotopic (exact) mass is 269 g/mol. The number of halogens is 1. The lowest BCUT2D eigenvalue weighted by atomic mass is 9.99. The Labute approximate surface area is 113 Å². The van der Waals surface area contributed by atoms with Crippen LogP contribution in [0.2, 0.25) is 5.02 Å². The molecule has 1 saturated heterocycles. The van der Waals surface area contributed by atoms with Gasteiger partial charge in [-0.05, 0) is 38.8 Å². The lowest BCUT2D eigenvalue weighted by molar-refractivity contribution is -0.0337. The van der Waals surface area contributed by atoms with E-state index in [9.17, 15) is 0 Å². The van der Waals surface area contributed by atoms with Gasteiger partial charge in [-0.2, -0.15) is 0 Å². The van der Waals surface area contributed by atoms with Crippen LogP contribution in [-0.4, -0.2) is 25.4 Å². The molecule has 1 N–H and O–H groups in total. The van der Waals surface area contributed by atoms with Crippen LogP contribution in [0.25, 0.3) is 0 Å². The van der Waals surface area contributed by atoms with Gasteiger partial charge in [-0.15, -0.1) is 0 Å². The van der Waals surface area contributed by atoms with Crippen molar-refractivity contribution in [1.82, 2.24) is 0 Å². The number of nitrogens with one attached hydrogen (secondary N) is 1. The number of ether oxygens (including phenoxy) is 2. The SMILES string of the molecule is COc1ccc(Cl)c(NC2CC(C)OC(C)C2)c1. The summed E-state index contributed by atoms with van der Waals surface area (Å²) in [6.07, 6.45) is 2.57. The van der Waals surface area contributed by atoms with Crippen molar-refractivity contribution in [2.75, 3.05) is 12.4 Å². The quantitative estimate of drug-likeness (QED) is 0.907. The van der Waals surface area contributed by atoms with Crippen LogP contribution >= 0.6 is 11.6 Å². The maximum atomic E-state index is 6.20. The van der Waals surface area contributed by atoms with E-state index in [-0.39, 0.29) is 12.2 Å². The van der Waals surface area contributed by atoms with Crippen molar-refractivity contribution >= 4 is 17.3 Å². The van der Waals surface area contributed by atoms with Crippen LogP contribution in [0.15, 0.2) is 18.2 Å². The fraction of sp³-hybridized carbons (Fsp3) is 0.571. The molecule has 1 fully saturated rings. The molecule has 100 valence electrons. The molecule has 0 spiro atoms. The van der Waals surface area contributed by atoms with E-state index >= 15 is 0 Å². The average molecular weight is 270 g/mol. The summed E-state index contributed by atoms with van der Waals surface area (Å²) in [5.74, 6) is 0.815. The molecule has 1 heterocycles. The predicted molar refractivity (Wildman–Crippen MR) is 74.7 cm³/mol. The van der Waals surface area contributed by atoms with Gasteiger partial charge in [0.05, 0.1) is 30.0 Å². The van der Waals surface area contributed by atoms with Gasteiger partial charge in [0, 0.05) is 12.1 Å². The third-order valence-corrected chi connectivity index (χ3v) is 3.56. The minimum Gasteiger partial charge on any atom is -0.497 e. The molecule has 1 aromatic carbocycles. The lowest BCUT2D eigenvalue weighted by Gasteiger charge is -2.33. The summed E-state index contributed by atoms with van der Waals surface area (Å²) < 4.78 is 10.9. The van der Waals surface area contributed by atoms with Gasteiger partial charge in [-0.1, -0.05) is 11.6 Å². The molecule has 2 atom stereocenters. The standard InChI is InChI=1S/C14H20ClNO2/c1-9-6-11(7-10(2)18-9)16-14-8-12(17-3)4-5-13(14)15/h4-5,8-11,16H,6-7H2,1-3H3. The molecule has 0 amide bonds. The molecule has 1 aromatic rings. The highest BCUT2D eigenvalue weighted by Gasteiger charge is 2.24. The number of hydrogen-bond donors (Lipinski definition) is 1. The van der Waals surface area contributed by atoms with Crippen LogP contribution in [0.1, 0.15) is 26.7 Å². The van der Waals surface area contributed by atoms with Crippen LogP contribution < -0.4 is 10.1 Å². The summed E-state index contributed by atoms with van der Waals surface area (Å²) in [5.41, 5.74) is 0.933. The van der Waals surface area contributed by atoms with Crippen molar-refractivity contribution in [1.29, 1.82) is 0 Å². The molecular formula is C14H20ClNO2. The Hall–Kier alpha value is -0.930. The Kier molecular flexibility index (Phi) is 4.36. The van der Waals surface area contributed by atoms with E-state index in [0.29, 0.717) is 6.04 Å². The first-order valence-corrected chi connectivity index (χ1v) is 6.72. The highest BCUT2D eigenvalue weighted by atomic mass is 35.5. The van der Waals surface area contributed by atoms with E-state index < -0.39 is 0 Å². The molecular weight excluding hydrogens is 250 g/mol. The highest BCUT2D eigenvalue weighted by molar-refractivity contribution is 6.33. The van der Waals surface area contributed by atoms with Gasteiger partial charge < -0.3 is 14.8 Å². The van der Waals surface area contributed by atoms with E-state index in [1.54, 1.807) is 7.11 Å². The number of hydrogen-bond acceptors (Lipinski definition) is 3. The Balaban J connectivity index is 2.08. The summed E-state index contributed by atoms with van der Waals surface area (Å²) in [6.45, 7) is 4.22. The lowest BCUT2D eigenvalue weighted by Crippen LogP contribution is -2.36. The maximum Gasteiger partial charge on any atom is 0.121 e. The summed E-state index contributed by atoms with van der Waals surface area (Å²) in [7, 11) is 1.66. The predicted octanol–water partition coefficient (Wildman–Crippen LogP) is 3.72. The molecule has 2 rings (SSSR count). The fourth-order valence-corrected chi connectivity index (χ4v) is 2.66. The Morgan fingerprint density at radius 2 is 1.94 bits per heavy atom. The molecule has 2 unspecified atom stereocenters. The van der Waals surface area contributed by atoms with Gasteiger partial charge in [-0.3, -0.25) is 0 Å². The zero-order valence-electron chi connectivity index (χ0n) is 11.1. The molecule has 18 heavy (non-hydrogen) atoms. The van der Waals surface area contributed by atoms with Gasteiger partial charge in [0.2, 0.25) is 0 Å². The maximum absolute atomic E-state index is 6.20. The number of methoxy groups -OCH3 is 1. The van der Waals surface area contributed by atoms with E-state index in [2.05, 4.69) is 19.2 Å². The number of anilines is 1. The van der Waals surface area contributed by atoms with E-state index in [4.69, 9.17) is 21.1 Å². The van der Waals surface area contributed by atoms with Crippen LogP contribution in [0.4, 0.5) is 5.69 Å². The van der Waals surface area contributed by atoms with Crippen molar-refractivity contribution < 1.29 is 9.47 Å². The summed E-state index contributed by atoms with van der Waals surface area (Å²) in [6, 6.07) is 6.05. The van der Waals surface area contributed by atoms with E-state index in [1.165, 1.54) is 0 Å². The van der Waals surface area contributed by atoms with Crippen LogP contribution in [-0.2, 0) is 4.74 Å². The zero-order valence-corrected chi connectivity index (χ0v) is 11.8. The van der Waals surface area contributed by atoms with Crippen molar-refractivity contribution in [2.24, 2.45) is 0 Å². The first-order valence-electron chi connectivity index (χ1n) is 6.34. The number of benzene rings is 1. The van der Waals surface area contributed by atoms with Crippen molar-refractivity contribution in [3.8, 4) is 5.75 Å². The third kappa shape index (κ3) is 3.30. The Morgan fingerprint density at radius 1 is 1.28 bits per heavy atom. The largest absolute Gasteiger partial charge is 0.497 e.